The zero-order valence-corrected chi connectivity index (χ0v) is 6.90. The van der Waals surface area contributed by atoms with Crippen molar-refractivity contribution in [1.82, 2.24) is 0 Å². The van der Waals surface area contributed by atoms with Crippen LogP contribution in [0.15, 0.2) is 0 Å². The van der Waals surface area contributed by atoms with E-state index in [1.165, 1.54) is 6.42 Å². The van der Waals surface area contributed by atoms with Gasteiger partial charge in [0.05, 0.1) is 6.10 Å². The summed E-state index contributed by atoms with van der Waals surface area (Å²) in [5.74, 6) is -1.31. The largest absolute Gasteiger partial charge is 0.477 e. The number of hydrogen-bond acceptors (Lipinski definition) is 3. The SMILES string of the molecule is O=C(O)C(O)OC1CCCCC1. The molecule has 1 unspecified atom stereocenters. The highest BCUT2D eigenvalue weighted by molar-refractivity contribution is 5.70. The molecule has 0 bridgehead atoms. The van der Waals surface area contributed by atoms with Crippen molar-refractivity contribution in [2.75, 3.05) is 0 Å². The average Bonchev–Trinajstić information content (AvgIpc) is 2.06. The Balaban J connectivity index is 2.24. The van der Waals surface area contributed by atoms with Gasteiger partial charge in [0.15, 0.2) is 0 Å². The predicted octanol–water partition coefficient (Wildman–Crippen LogP) is 0.739. The summed E-state index contributed by atoms with van der Waals surface area (Å²) in [6, 6.07) is 0. The zero-order valence-electron chi connectivity index (χ0n) is 6.90. The molecule has 1 aliphatic rings. The molecule has 12 heavy (non-hydrogen) atoms. The van der Waals surface area contributed by atoms with Crippen molar-refractivity contribution in [2.45, 2.75) is 44.5 Å². The van der Waals surface area contributed by atoms with Crippen LogP contribution in [0, 0.1) is 0 Å². The van der Waals surface area contributed by atoms with E-state index in [0.29, 0.717) is 0 Å². The van der Waals surface area contributed by atoms with Gasteiger partial charge in [-0.3, -0.25) is 0 Å². The molecule has 0 aromatic heterocycles. The van der Waals surface area contributed by atoms with Gasteiger partial charge in [-0.2, -0.15) is 0 Å². The van der Waals surface area contributed by atoms with E-state index in [-0.39, 0.29) is 6.10 Å². The highest BCUT2D eigenvalue weighted by Gasteiger charge is 2.21. The average molecular weight is 174 g/mol. The summed E-state index contributed by atoms with van der Waals surface area (Å²) in [6.45, 7) is 0. The van der Waals surface area contributed by atoms with E-state index in [1.54, 1.807) is 0 Å². The molecule has 2 N–H and O–H groups in total. The fourth-order valence-electron chi connectivity index (χ4n) is 1.44. The van der Waals surface area contributed by atoms with Crippen LogP contribution >= 0.6 is 0 Å². The number of carbonyl (C=O) groups is 1. The minimum atomic E-state index is -1.65. The smallest absolute Gasteiger partial charge is 0.360 e. The first-order chi connectivity index (χ1) is 5.70. The molecular weight excluding hydrogens is 160 g/mol. The van der Waals surface area contributed by atoms with Crippen LogP contribution in [0.1, 0.15) is 32.1 Å². The second-order valence-corrected chi connectivity index (χ2v) is 3.09. The normalized spacial score (nSPS) is 22.1. The first kappa shape index (κ1) is 9.48. The van der Waals surface area contributed by atoms with Gasteiger partial charge in [0.2, 0.25) is 0 Å². The van der Waals surface area contributed by atoms with Gasteiger partial charge in [-0.15, -0.1) is 0 Å². The number of hydrogen-bond donors (Lipinski definition) is 2. The fourth-order valence-corrected chi connectivity index (χ4v) is 1.44. The monoisotopic (exact) mass is 174 g/mol. The molecule has 4 nitrogen and oxygen atoms in total. The number of rotatable bonds is 3. The Hall–Kier alpha value is -0.610. The predicted molar refractivity (Wildman–Crippen MR) is 41.6 cm³/mol. The van der Waals surface area contributed by atoms with E-state index >= 15 is 0 Å². The molecule has 0 saturated heterocycles. The lowest BCUT2D eigenvalue weighted by Gasteiger charge is -2.22. The lowest BCUT2D eigenvalue weighted by Crippen LogP contribution is -2.30. The molecule has 0 aromatic rings. The Morgan fingerprint density at radius 1 is 1.33 bits per heavy atom. The number of aliphatic hydroxyl groups excluding tert-OH is 1. The third-order valence-corrected chi connectivity index (χ3v) is 2.08. The van der Waals surface area contributed by atoms with Crippen molar-refractivity contribution in [3.05, 3.63) is 0 Å². The second-order valence-electron chi connectivity index (χ2n) is 3.09. The quantitative estimate of drug-likeness (QED) is 0.619. The summed E-state index contributed by atoms with van der Waals surface area (Å²) in [6.07, 6.45) is 3.34. The Morgan fingerprint density at radius 2 is 1.92 bits per heavy atom. The summed E-state index contributed by atoms with van der Waals surface area (Å²) in [5, 5.41) is 17.2. The maximum atomic E-state index is 10.2. The Kier molecular flexibility index (Phi) is 3.49. The molecule has 0 amide bonds. The third kappa shape index (κ3) is 2.79. The van der Waals surface area contributed by atoms with E-state index in [2.05, 4.69) is 0 Å². The first-order valence-corrected chi connectivity index (χ1v) is 4.26. The molecule has 1 rings (SSSR count). The molecule has 4 heteroatoms. The number of ether oxygens (including phenoxy) is 1. The minimum absolute atomic E-state index is 0.0650. The van der Waals surface area contributed by atoms with E-state index in [4.69, 9.17) is 14.9 Å². The summed E-state index contributed by atoms with van der Waals surface area (Å²) in [4.78, 5) is 10.2. The number of aliphatic hydroxyl groups is 1. The van der Waals surface area contributed by atoms with Crippen LogP contribution < -0.4 is 0 Å². The zero-order chi connectivity index (χ0) is 8.97. The van der Waals surface area contributed by atoms with Crippen LogP contribution in [-0.4, -0.2) is 28.6 Å². The summed E-state index contributed by atoms with van der Waals surface area (Å²) in [7, 11) is 0. The van der Waals surface area contributed by atoms with Crippen molar-refractivity contribution < 1.29 is 19.7 Å². The molecule has 1 fully saturated rings. The van der Waals surface area contributed by atoms with Crippen LogP contribution in [0.2, 0.25) is 0 Å². The van der Waals surface area contributed by atoms with Crippen LogP contribution in [0.4, 0.5) is 0 Å². The summed E-state index contributed by atoms with van der Waals surface area (Å²) < 4.78 is 4.91. The van der Waals surface area contributed by atoms with E-state index in [1.807, 2.05) is 0 Å². The molecule has 0 aromatic carbocycles. The van der Waals surface area contributed by atoms with Crippen molar-refractivity contribution in [3.63, 3.8) is 0 Å². The van der Waals surface area contributed by atoms with Crippen molar-refractivity contribution in [3.8, 4) is 0 Å². The number of carboxylic acids is 1. The molecule has 1 aliphatic carbocycles. The van der Waals surface area contributed by atoms with Gasteiger partial charge in [-0.25, -0.2) is 4.79 Å². The fraction of sp³-hybridized carbons (Fsp3) is 0.875. The Morgan fingerprint density at radius 3 is 2.42 bits per heavy atom. The number of carboxylic acid groups (broad SMARTS) is 1. The standard InChI is InChI=1S/C8H14O4/c9-7(10)8(11)12-6-4-2-1-3-5-6/h6,8,11H,1-5H2,(H,9,10). The molecule has 70 valence electrons. The molecule has 0 aliphatic heterocycles. The minimum Gasteiger partial charge on any atom is -0.477 e. The van der Waals surface area contributed by atoms with Gasteiger partial charge >= 0.3 is 5.97 Å². The molecule has 0 spiro atoms. The lowest BCUT2D eigenvalue weighted by molar-refractivity contribution is -0.189. The molecule has 0 heterocycles. The van der Waals surface area contributed by atoms with E-state index < -0.39 is 12.3 Å². The van der Waals surface area contributed by atoms with Gasteiger partial charge in [0.25, 0.3) is 6.29 Å². The van der Waals surface area contributed by atoms with E-state index in [0.717, 1.165) is 25.7 Å². The highest BCUT2D eigenvalue weighted by atomic mass is 16.6. The lowest BCUT2D eigenvalue weighted by atomic mass is 9.98. The van der Waals surface area contributed by atoms with Crippen molar-refractivity contribution in [1.29, 1.82) is 0 Å². The summed E-state index contributed by atoms with van der Waals surface area (Å²) >= 11 is 0. The first-order valence-electron chi connectivity index (χ1n) is 4.26. The topological polar surface area (TPSA) is 66.8 Å². The van der Waals surface area contributed by atoms with E-state index in [9.17, 15) is 4.79 Å². The van der Waals surface area contributed by atoms with Crippen LogP contribution in [0.25, 0.3) is 0 Å². The third-order valence-electron chi connectivity index (χ3n) is 2.08. The maximum Gasteiger partial charge on any atom is 0.360 e. The van der Waals surface area contributed by atoms with Crippen molar-refractivity contribution >= 4 is 5.97 Å². The Bertz CT molecular complexity index is 151. The van der Waals surface area contributed by atoms with Gasteiger partial charge in [-0.05, 0) is 12.8 Å². The maximum absolute atomic E-state index is 10.2. The second kappa shape index (κ2) is 4.42. The molecule has 1 saturated carbocycles. The van der Waals surface area contributed by atoms with Gasteiger partial charge in [0, 0.05) is 0 Å². The van der Waals surface area contributed by atoms with Crippen LogP contribution in [0.3, 0.4) is 0 Å². The van der Waals surface area contributed by atoms with Gasteiger partial charge < -0.3 is 14.9 Å². The number of aliphatic carboxylic acids is 1. The molecule has 1 atom stereocenters. The Labute approximate surface area is 71.2 Å². The summed E-state index contributed by atoms with van der Waals surface area (Å²) in [5.41, 5.74) is 0. The van der Waals surface area contributed by atoms with Crippen LogP contribution in [0.5, 0.6) is 0 Å². The highest BCUT2D eigenvalue weighted by Crippen LogP contribution is 2.20. The molecular formula is C8H14O4. The van der Waals surface area contributed by atoms with Crippen LogP contribution in [-0.2, 0) is 9.53 Å². The molecule has 0 radical (unpaired) electrons. The van der Waals surface area contributed by atoms with Crippen molar-refractivity contribution in [2.24, 2.45) is 0 Å². The van der Waals surface area contributed by atoms with Gasteiger partial charge in [0.1, 0.15) is 0 Å². The van der Waals surface area contributed by atoms with Gasteiger partial charge in [-0.1, -0.05) is 19.3 Å².